The fourth-order valence-electron chi connectivity index (χ4n) is 3.78. The molecule has 0 unspecified atom stereocenters. The lowest BCUT2D eigenvalue weighted by Crippen LogP contribution is -2.27. The molecule has 0 saturated heterocycles. The first-order chi connectivity index (χ1) is 12.6. The summed E-state index contributed by atoms with van der Waals surface area (Å²) in [7, 11) is 0. The maximum atomic E-state index is 9.00. The predicted molar refractivity (Wildman–Crippen MR) is 113 cm³/mol. The van der Waals surface area contributed by atoms with Crippen molar-refractivity contribution in [1.82, 2.24) is 0 Å². The lowest BCUT2D eigenvalue weighted by atomic mass is 9.69. The number of rotatable bonds is 5. The summed E-state index contributed by atoms with van der Waals surface area (Å²) < 4.78 is 0. The van der Waals surface area contributed by atoms with Crippen LogP contribution in [-0.4, -0.2) is 0 Å². The molecule has 0 heterocycles. The summed E-state index contributed by atoms with van der Waals surface area (Å²) in [5, 5.41) is 9.00. The summed E-state index contributed by atoms with van der Waals surface area (Å²) in [6.07, 6.45) is 7.42. The van der Waals surface area contributed by atoms with Crippen molar-refractivity contribution in [3.8, 4) is 6.07 Å². The van der Waals surface area contributed by atoms with Crippen LogP contribution in [0.15, 0.2) is 65.6 Å². The number of thioether (sulfide) groups is 1. The molecule has 2 heteroatoms. The minimum Gasteiger partial charge on any atom is -0.193 e. The topological polar surface area (TPSA) is 23.8 Å². The number of allylic oxidation sites excluding steroid dienone is 3. The van der Waals surface area contributed by atoms with Crippen molar-refractivity contribution in [2.24, 2.45) is 0 Å². The predicted octanol–water partition coefficient (Wildman–Crippen LogP) is 7.21. The normalized spacial score (nSPS) is 15.8. The molecule has 0 amide bonds. The van der Waals surface area contributed by atoms with E-state index in [1.54, 1.807) is 6.08 Å². The van der Waals surface area contributed by atoms with Crippen LogP contribution >= 0.6 is 11.8 Å². The van der Waals surface area contributed by atoms with Gasteiger partial charge in [-0.15, -0.1) is 0 Å². The highest BCUT2D eigenvalue weighted by Gasteiger charge is 2.34. The van der Waals surface area contributed by atoms with Gasteiger partial charge in [0.2, 0.25) is 0 Å². The summed E-state index contributed by atoms with van der Waals surface area (Å²) in [5.41, 5.74) is 5.16. The Morgan fingerprint density at radius 2 is 1.88 bits per heavy atom. The molecule has 26 heavy (non-hydrogen) atoms. The molecule has 0 radical (unpaired) electrons. The molecule has 1 aliphatic carbocycles. The number of nitriles is 1. The summed E-state index contributed by atoms with van der Waals surface area (Å²) >= 11 is 1.84. The smallest absolute Gasteiger partial charge is 0.0915 e. The fourth-order valence-corrected chi connectivity index (χ4v) is 4.77. The van der Waals surface area contributed by atoms with E-state index in [1.807, 2.05) is 18.7 Å². The molecule has 2 aromatic carbocycles. The van der Waals surface area contributed by atoms with Gasteiger partial charge in [0.15, 0.2) is 0 Å². The molecular weight excluding hydrogens is 334 g/mol. The summed E-state index contributed by atoms with van der Waals surface area (Å²) in [4.78, 5) is 2.59. The molecule has 0 fully saturated rings. The number of benzene rings is 2. The first kappa shape index (κ1) is 18.5. The van der Waals surface area contributed by atoms with E-state index in [1.165, 1.54) is 20.9 Å². The van der Waals surface area contributed by atoms with Crippen LogP contribution in [-0.2, 0) is 5.41 Å². The van der Waals surface area contributed by atoms with Gasteiger partial charge in [0.25, 0.3) is 0 Å². The first-order valence-corrected chi connectivity index (χ1v) is 10.1. The highest BCUT2D eigenvalue weighted by molar-refractivity contribution is 8.08. The minimum absolute atomic E-state index is 0.224. The standard InChI is InChI=1S/C24H25NS/c1-4-24(5-2)15-13-23(26-20-9-7-6-8-10-20)21-17-19(11-12-22(21)24)18(3)14-16-25/h6-14,17H,4-5,15H2,1-3H3/b18-14+. The Morgan fingerprint density at radius 1 is 1.15 bits per heavy atom. The van der Waals surface area contributed by atoms with Gasteiger partial charge in [0.1, 0.15) is 0 Å². The fraction of sp³-hybridized carbons (Fsp3) is 0.292. The molecule has 0 aromatic heterocycles. The van der Waals surface area contributed by atoms with E-state index in [9.17, 15) is 0 Å². The molecule has 132 valence electrons. The van der Waals surface area contributed by atoms with Gasteiger partial charge in [0, 0.05) is 15.9 Å². The van der Waals surface area contributed by atoms with Gasteiger partial charge >= 0.3 is 0 Å². The Kier molecular flexibility index (Phi) is 5.69. The zero-order valence-corrected chi connectivity index (χ0v) is 16.6. The Bertz CT molecular complexity index is 880. The largest absolute Gasteiger partial charge is 0.193 e. The highest BCUT2D eigenvalue weighted by Crippen LogP contribution is 2.48. The molecule has 0 spiro atoms. The Labute approximate surface area is 161 Å². The number of hydrogen-bond donors (Lipinski definition) is 0. The van der Waals surface area contributed by atoms with Crippen molar-refractivity contribution in [2.75, 3.05) is 0 Å². The second kappa shape index (κ2) is 7.98. The van der Waals surface area contributed by atoms with Gasteiger partial charge in [-0.1, -0.05) is 62.0 Å². The highest BCUT2D eigenvalue weighted by atomic mass is 32.2. The molecule has 3 rings (SSSR count). The zero-order valence-electron chi connectivity index (χ0n) is 15.8. The van der Waals surface area contributed by atoms with Crippen molar-refractivity contribution in [3.05, 3.63) is 77.4 Å². The average molecular weight is 360 g/mol. The molecule has 0 saturated carbocycles. The molecule has 1 nitrogen and oxygen atoms in total. The second-order valence-corrected chi connectivity index (χ2v) is 8.01. The maximum Gasteiger partial charge on any atom is 0.0915 e. The summed E-state index contributed by atoms with van der Waals surface area (Å²) in [6.45, 7) is 6.60. The van der Waals surface area contributed by atoms with Gasteiger partial charge in [-0.05, 0) is 72.1 Å². The van der Waals surface area contributed by atoms with Gasteiger partial charge in [-0.25, -0.2) is 0 Å². The average Bonchev–Trinajstić information content (AvgIpc) is 2.69. The van der Waals surface area contributed by atoms with Crippen LogP contribution in [0.1, 0.15) is 56.7 Å². The molecule has 1 aliphatic rings. The minimum atomic E-state index is 0.224. The van der Waals surface area contributed by atoms with Gasteiger partial charge in [-0.2, -0.15) is 5.26 Å². The van der Waals surface area contributed by atoms with E-state index in [0.29, 0.717) is 0 Å². The van der Waals surface area contributed by atoms with E-state index in [0.717, 1.165) is 30.4 Å². The van der Waals surface area contributed by atoms with Crippen LogP contribution in [0, 0.1) is 11.3 Å². The van der Waals surface area contributed by atoms with Crippen molar-refractivity contribution in [2.45, 2.75) is 50.3 Å². The van der Waals surface area contributed by atoms with E-state index < -0.39 is 0 Å². The van der Waals surface area contributed by atoms with Crippen LogP contribution in [0.5, 0.6) is 0 Å². The van der Waals surface area contributed by atoms with E-state index in [2.05, 4.69) is 74.5 Å². The monoisotopic (exact) mass is 359 g/mol. The van der Waals surface area contributed by atoms with Crippen LogP contribution in [0.3, 0.4) is 0 Å². The van der Waals surface area contributed by atoms with Crippen molar-refractivity contribution >= 4 is 22.2 Å². The summed E-state index contributed by atoms with van der Waals surface area (Å²) in [5.74, 6) is 0. The lowest BCUT2D eigenvalue weighted by Gasteiger charge is -2.37. The molecular formula is C24H25NS. The van der Waals surface area contributed by atoms with Crippen LogP contribution in [0.2, 0.25) is 0 Å². The number of hydrogen-bond acceptors (Lipinski definition) is 2. The zero-order chi connectivity index (χ0) is 18.6. The Hall–Kier alpha value is -2.24. The third kappa shape index (κ3) is 3.50. The third-order valence-electron chi connectivity index (χ3n) is 5.60. The SMILES string of the molecule is CCC1(CC)CC=C(Sc2ccccc2)c2cc(/C(C)=C/C#N)ccc21. The Balaban J connectivity index is 2.10. The number of nitrogens with zero attached hydrogens (tertiary/aromatic N) is 1. The van der Waals surface area contributed by atoms with Crippen molar-refractivity contribution in [1.29, 1.82) is 5.26 Å². The summed E-state index contributed by atoms with van der Waals surface area (Å²) in [6, 6.07) is 19.5. The first-order valence-electron chi connectivity index (χ1n) is 9.28. The van der Waals surface area contributed by atoms with Gasteiger partial charge in [0.05, 0.1) is 6.07 Å². The molecule has 0 atom stereocenters. The Morgan fingerprint density at radius 3 is 2.54 bits per heavy atom. The second-order valence-electron chi connectivity index (χ2n) is 6.89. The third-order valence-corrected chi connectivity index (χ3v) is 6.71. The van der Waals surface area contributed by atoms with Crippen LogP contribution in [0.4, 0.5) is 0 Å². The quantitative estimate of drug-likeness (QED) is 0.527. The van der Waals surface area contributed by atoms with Gasteiger partial charge in [-0.3, -0.25) is 0 Å². The van der Waals surface area contributed by atoms with Crippen molar-refractivity contribution < 1.29 is 0 Å². The van der Waals surface area contributed by atoms with E-state index >= 15 is 0 Å². The molecule has 0 aliphatic heterocycles. The molecule has 0 bridgehead atoms. The maximum absolute atomic E-state index is 9.00. The van der Waals surface area contributed by atoms with Gasteiger partial charge < -0.3 is 0 Å². The molecule has 0 N–H and O–H groups in total. The molecule has 2 aromatic rings. The van der Waals surface area contributed by atoms with E-state index in [4.69, 9.17) is 5.26 Å². The number of fused-ring (bicyclic) bond motifs is 1. The van der Waals surface area contributed by atoms with Crippen LogP contribution < -0.4 is 0 Å². The van der Waals surface area contributed by atoms with E-state index in [-0.39, 0.29) is 5.41 Å². The van der Waals surface area contributed by atoms with Crippen molar-refractivity contribution in [3.63, 3.8) is 0 Å². The van der Waals surface area contributed by atoms with Crippen LogP contribution in [0.25, 0.3) is 10.5 Å². The lowest BCUT2D eigenvalue weighted by molar-refractivity contribution is 0.396.